The minimum absolute atomic E-state index is 0.127. The first-order valence-electron chi connectivity index (χ1n) is 6.98. The van der Waals surface area contributed by atoms with Gasteiger partial charge in [-0.05, 0) is 32.2 Å². The fourth-order valence-corrected chi connectivity index (χ4v) is 2.73. The van der Waals surface area contributed by atoms with Crippen molar-refractivity contribution in [3.8, 4) is 5.75 Å². The maximum atomic E-state index is 13.4. The average molecular weight is 305 g/mol. The first kappa shape index (κ1) is 15.9. The van der Waals surface area contributed by atoms with E-state index in [0.717, 1.165) is 11.3 Å². The second kappa shape index (κ2) is 8.05. The Kier molecular flexibility index (Phi) is 6.08. The van der Waals surface area contributed by atoms with Gasteiger partial charge >= 0.3 is 0 Å². The van der Waals surface area contributed by atoms with Gasteiger partial charge in [0, 0.05) is 28.3 Å². The summed E-state index contributed by atoms with van der Waals surface area (Å²) >= 11 is 1.73. The minimum Gasteiger partial charge on any atom is -0.492 e. The molecule has 0 aliphatic heterocycles. The number of nitrogens with one attached hydrogen (secondary N) is 1. The van der Waals surface area contributed by atoms with Crippen LogP contribution in [0.25, 0.3) is 0 Å². The molecule has 0 saturated heterocycles. The highest BCUT2D eigenvalue weighted by atomic mass is 32.2. The normalized spacial score (nSPS) is 12.1. The van der Waals surface area contributed by atoms with Gasteiger partial charge in [-0.2, -0.15) is 0 Å². The molecule has 2 aromatic carbocycles. The van der Waals surface area contributed by atoms with Gasteiger partial charge in [0.1, 0.15) is 11.6 Å². The van der Waals surface area contributed by atoms with E-state index in [1.54, 1.807) is 17.8 Å². The summed E-state index contributed by atoms with van der Waals surface area (Å²) in [6, 6.07) is 15.0. The number of thioether (sulfide) groups is 1. The molecular formula is C17H20FNOS. The van der Waals surface area contributed by atoms with E-state index < -0.39 is 0 Å². The molecule has 0 heterocycles. The highest BCUT2D eigenvalue weighted by Crippen LogP contribution is 2.26. The third kappa shape index (κ3) is 4.76. The number of halogens is 1. The summed E-state index contributed by atoms with van der Waals surface area (Å²) in [5.74, 6) is 1.17. The van der Waals surface area contributed by atoms with E-state index in [4.69, 9.17) is 4.74 Å². The van der Waals surface area contributed by atoms with E-state index in [9.17, 15) is 4.39 Å². The van der Waals surface area contributed by atoms with E-state index in [2.05, 4.69) is 17.4 Å². The predicted molar refractivity (Wildman–Crippen MR) is 86.5 cm³/mol. The Morgan fingerprint density at radius 3 is 2.67 bits per heavy atom. The molecule has 1 atom stereocenters. The highest BCUT2D eigenvalue weighted by molar-refractivity contribution is 7.99. The van der Waals surface area contributed by atoms with Gasteiger partial charge in [0.2, 0.25) is 0 Å². The second-order valence-corrected chi connectivity index (χ2v) is 5.87. The Morgan fingerprint density at radius 2 is 1.95 bits per heavy atom. The van der Waals surface area contributed by atoms with Crippen LogP contribution >= 0.6 is 11.8 Å². The van der Waals surface area contributed by atoms with Crippen molar-refractivity contribution in [2.24, 2.45) is 0 Å². The molecule has 2 rings (SSSR count). The van der Waals surface area contributed by atoms with Crippen LogP contribution in [0.3, 0.4) is 0 Å². The number of benzene rings is 2. The molecule has 1 N–H and O–H groups in total. The lowest BCUT2D eigenvalue weighted by Crippen LogP contribution is -2.14. The van der Waals surface area contributed by atoms with Gasteiger partial charge in [-0.3, -0.25) is 0 Å². The van der Waals surface area contributed by atoms with Crippen LogP contribution in [-0.4, -0.2) is 19.4 Å². The van der Waals surface area contributed by atoms with Gasteiger partial charge in [-0.1, -0.05) is 24.3 Å². The van der Waals surface area contributed by atoms with Crippen LogP contribution in [0.5, 0.6) is 5.75 Å². The molecule has 2 aromatic rings. The third-order valence-corrected chi connectivity index (χ3v) is 4.20. The summed E-state index contributed by atoms with van der Waals surface area (Å²) < 4.78 is 19.1. The molecule has 0 aliphatic rings. The average Bonchev–Trinajstić information content (AvgIpc) is 2.52. The van der Waals surface area contributed by atoms with Crippen molar-refractivity contribution in [3.63, 3.8) is 0 Å². The Labute approximate surface area is 129 Å². The Balaban J connectivity index is 1.91. The number of ether oxygens (including phenoxy) is 1. The van der Waals surface area contributed by atoms with Crippen LogP contribution < -0.4 is 10.1 Å². The SMILES string of the molecule is CNC(C)c1ccc(F)cc1OCCSc1ccccc1. The zero-order valence-corrected chi connectivity index (χ0v) is 13.1. The van der Waals surface area contributed by atoms with E-state index in [0.29, 0.717) is 12.4 Å². The molecule has 1 unspecified atom stereocenters. The van der Waals surface area contributed by atoms with E-state index >= 15 is 0 Å². The molecule has 0 aliphatic carbocycles. The van der Waals surface area contributed by atoms with Gasteiger partial charge in [0.25, 0.3) is 0 Å². The molecule has 4 heteroatoms. The first-order valence-corrected chi connectivity index (χ1v) is 7.96. The summed E-state index contributed by atoms with van der Waals surface area (Å²) in [4.78, 5) is 1.21. The van der Waals surface area contributed by atoms with Crippen LogP contribution in [0.2, 0.25) is 0 Å². The molecule has 21 heavy (non-hydrogen) atoms. The van der Waals surface area contributed by atoms with Crippen molar-refractivity contribution in [2.45, 2.75) is 17.9 Å². The van der Waals surface area contributed by atoms with Gasteiger partial charge < -0.3 is 10.1 Å². The van der Waals surface area contributed by atoms with E-state index in [1.165, 1.54) is 17.0 Å². The van der Waals surface area contributed by atoms with Crippen LogP contribution in [-0.2, 0) is 0 Å². The monoisotopic (exact) mass is 305 g/mol. The smallest absolute Gasteiger partial charge is 0.127 e. The lowest BCUT2D eigenvalue weighted by Gasteiger charge is -2.16. The Morgan fingerprint density at radius 1 is 1.19 bits per heavy atom. The molecule has 0 fully saturated rings. The molecule has 0 aromatic heterocycles. The maximum absolute atomic E-state index is 13.4. The Hall–Kier alpha value is -1.52. The van der Waals surface area contributed by atoms with E-state index in [-0.39, 0.29) is 11.9 Å². The van der Waals surface area contributed by atoms with Crippen molar-refractivity contribution < 1.29 is 9.13 Å². The molecule has 0 bridgehead atoms. The zero-order valence-electron chi connectivity index (χ0n) is 12.3. The molecule has 0 saturated carbocycles. The lowest BCUT2D eigenvalue weighted by molar-refractivity contribution is 0.334. The molecule has 2 nitrogen and oxygen atoms in total. The predicted octanol–water partition coefficient (Wildman–Crippen LogP) is 4.28. The Bertz CT molecular complexity index is 562. The fourth-order valence-electron chi connectivity index (χ4n) is 1.97. The lowest BCUT2D eigenvalue weighted by atomic mass is 10.1. The molecule has 0 spiro atoms. The van der Waals surface area contributed by atoms with Crippen molar-refractivity contribution in [3.05, 3.63) is 59.9 Å². The summed E-state index contributed by atoms with van der Waals surface area (Å²) in [5, 5.41) is 3.15. The highest BCUT2D eigenvalue weighted by Gasteiger charge is 2.11. The van der Waals surface area contributed by atoms with Gasteiger partial charge in [-0.25, -0.2) is 4.39 Å². The van der Waals surface area contributed by atoms with Gasteiger partial charge in [0.05, 0.1) is 6.61 Å². The molecule has 0 amide bonds. The quantitative estimate of drug-likeness (QED) is 0.609. The van der Waals surface area contributed by atoms with Crippen molar-refractivity contribution in [2.75, 3.05) is 19.4 Å². The summed E-state index contributed by atoms with van der Waals surface area (Å²) in [6.07, 6.45) is 0. The first-order chi connectivity index (χ1) is 10.2. The van der Waals surface area contributed by atoms with Crippen LogP contribution in [0.4, 0.5) is 4.39 Å². The summed E-state index contributed by atoms with van der Waals surface area (Å²) in [5.41, 5.74) is 0.976. The number of rotatable bonds is 7. The fraction of sp³-hybridized carbons (Fsp3) is 0.294. The summed E-state index contributed by atoms with van der Waals surface area (Å²) in [6.45, 7) is 2.57. The van der Waals surface area contributed by atoms with E-state index in [1.807, 2.05) is 32.2 Å². The van der Waals surface area contributed by atoms with Crippen molar-refractivity contribution in [1.29, 1.82) is 0 Å². The van der Waals surface area contributed by atoms with Crippen LogP contribution in [0, 0.1) is 5.82 Å². The zero-order chi connectivity index (χ0) is 15.1. The van der Waals surface area contributed by atoms with Crippen LogP contribution in [0.15, 0.2) is 53.4 Å². The second-order valence-electron chi connectivity index (χ2n) is 4.70. The van der Waals surface area contributed by atoms with Gasteiger partial charge in [0.15, 0.2) is 0 Å². The van der Waals surface area contributed by atoms with Crippen molar-refractivity contribution in [1.82, 2.24) is 5.32 Å². The number of hydrogen-bond donors (Lipinski definition) is 1. The molecule has 0 radical (unpaired) electrons. The molecular weight excluding hydrogens is 285 g/mol. The molecule has 112 valence electrons. The third-order valence-electron chi connectivity index (χ3n) is 3.23. The maximum Gasteiger partial charge on any atom is 0.127 e. The van der Waals surface area contributed by atoms with Crippen molar-refractivity contribution >= 4 is 11.8 Å². The number of hydrogen-bond acceptors (Lipinski definition) is 3. The standard InChI is InChI=1S/C17H20FNOS/c1-13(19-2)16-9-8-14(18)12-17(16)20-10-11-21-15-6-4-3-5-7-15/h3-9,12-13,19H,10-11H2,1-2H3. The largest absolute Gasteiger partial charge is 0.492 e. The van der Waals surface area contributed by atoms with Crippen LogP contribution in [0.1, 0.15) is 18.5 Å². The van der Waals surface area contributed by atoms with Gasteiger partial charge in [-0.15, -0.1) is 11.8 Å². The topological polar surface area (TPSA) is 21.3 Å². The minimum atomic E-state index is -0.271. The summed E-state index contributed by atoms with van der Waals surface area (Å²) in [7, 11) is 1.88.